The number of phenolic OH excluding ortho intramolecular Hbond substituents is 1. The van der Waals surface area contributed by atoms with Crippen molar-refractivity contribution in [3.63, 3.8) is 0 Å². The standard InChI is InChI=1S/C27H29N3O7/c1-3-29(4-2)18-9-10-21(22(31)17-18)26(35)19-7-5-6-8-20(19)27(36)37-16-14-28-23(32)13-15-30-24(33)11-12-25(30)34/h5-12,17,31H,3-4,13-16H2,1-2H3,(H,28,32). The van der Waals surface area contributed by atoms with Crippen molar-refractivity contribution >= 4 is 35.2 Å². The summed E-state index contributed by atoms with van der Waals surface area (Å²) in [5, 5.41) is 13.1. The fourth-order valence-electron chi connectivity index (χ4n) is 3.87. The number of hydrogen-bond acceptors (Lipinski definition) is 8. The van der Waals surface area contributed by atoms with E-state index in [0.717, 1.165) is 35.8 Å². The lowest BCUT2D eigenvalue weighted by atomic mass is 9.97. The smallest absolute Gasteiger partial charge is 0.338 e. The molecule has 1 aliphatic heterocycles. The van der Waals surface area contributed by atoms with Crippen LogP contribution in [0.3, 0.4) is 0 Å². The van der Waals surface area contributed by atoms with Gasteiger partial charge in [-0.3, -0.25) is 24.1 Å². The van der Waals surface area contributed by atoms with Crippen LogP contribution >= 0.6 is 0 Å². The van der Waals surface area contributed by atoms with Crippen LogP contribution in [0.1, 0.15) is 46.5 Å². The summed E-state index contributed by atoms with van der Waals surface area (Å²) >= 11 is 0. The molecule has 3 rings (SSSR count). The van der Waals surface area contributed by atoms with Crippen molar-refractivity contribution in [3.8, 4) is 5.75 Å². The van der Waals surface area contributed by atoms with E-state index in [1.807, 2.05) is 18.7 Å². The van der Waals surface area contributed by atoms with Gasteiger partial charge in [-0.25, -0.2) is 4.79 Å². The molecule has 1 heterocycles. The maximum atomic E-state index is 13.2. The fourth-order valence-corrected chi connectivity index (χ4v) is 3.87. The molecule has 0 aliphatic carbocycles. The monoisotopic (exact) mass is 507 g/mol. The second kappa shape index (κ2) is 12.5. The van der Waals surface area contributed by atoms with Crippen molar-refractivity contribution in [2.75, 3.05) is 37.7 Å². The Morgan fingerprint density at radius 2 is 1.59 bits per heavy atom. The lowest BCUT2D eigenvalue weighted by Crippen LogP contribution is -2.35. The number of carbonyl (C=O) groups is 5. The third kappa shape index (κ3) is 6.60. The topological polar surface area (TPSA) is 133 Å². The maximum Gasteiger partial charge on any atom is 0.338 e. The molecule has 2 N–H and O–H groups in total. The zero-order valence-electron chi connectivity index (χ0n) is 20.7. The Bertz CT molecular complexity index is 1220. The number of nitrogens with one attached hydrogen (secondary N) is 1. The number of aromatic hydroxyl groups is 1. The van der Waals surface area contributed by atoms with Crippen LogP contribution in [0, 0.1) is 0 Å². The van der Waals surface area contributed by atoms with Crippen molar-refractivity contribution in [1.82, 2.24) is 10.2 Å². The minimum atomic E-state index is -0.753. The molecule has 0 saturated heterocycles. The SMILES string of the molecule is CCN(CC)c1ccc(C(=O)c2ccccc2C(=O)OCCNC(=O)CCN2C(=O)C=CC2=O)c(O)c1. The molecule has 10 heteroatoms. The molecule has 0 radical (unpaired) electrons. The first-order valence-electron chi connectivity index (χ1n) is 12.0. The van der Waals surface area contributed by atoms with Crippen molar-refractivity contribution in [3.05, 3.63) is 71.3 Å². The number of rotatable bonds is 12. The van der Waals surface area contributed by atoms with Gasteiger partial charge in [-0.2, -0.15) is 0 Å². The van der Waals surface area contributed by atoms with Crippen LogP contribution in [-0.2, 0) is 19.1 Å². The molecule has 0 aromatic heterocycles. The zero-order chi connectivity index (χ0) is 26.9. The summed E-state index contributed by atoms with van der Waals surface area (Å²) in [6, 6.07) is 10.9. The first kappa shape index (κ1) is 27.1. The van der Waals surface area contributed by atoms with Gasteiger partial charge in [-0.1, -0.05) is 18.2 Å². The van der Waals surface area contributed by atoms with E-state index in [1.54, 1.807) is 18.2 Å². The molecule has 0 bridgehead atoms. The molecular weight excluding hydrogens is 478 g/mol. The molecule has 37 heavy (non-hydrogen) atoms. The quantitative estimate of drug-likeness (QED) is 0.193. The number of imide groups is 1. The molecule has 0 spiro atoms. The van der Waals surface area contributed by atoms with Crippen molar-refractivity contribution < 1.29 is 33.8 Å². The predicted molar refractivity (Wildman–Crippen MR) is 135 cm³/mol. The molecule has 0 atom stereocenters. The maximum absolute atomic E-state index is 13.2. The highest BCUT2D eigenvalue weighted by atomic mass is 16.5. The number of benzene rings is 2. The molecule has 194 valence electrons. The van der Waals surface area contributed by atoms with Gasteiger partial charge in [0.15, 0.2) is 5.78 Å². The molecular formula is C27H29N3O7. The van der Waals surface area contributed by atoms with E-state index in [0.29, 0.717) is 0 Å². The third-order valence-corrected chi connectivity index (χ3v) is 5.87. The molecule has 0 unspecified atom stereocenters. The Hall–Kier alpha value is -4.47. The predicted octanol–water partition coefficient (Wildman–Crippen LogP) is 2.06. The van der Waals surface area contributed by atoms with Crippen LogP contribution in [0.5, 0.6) is 5.75 Å². The zero-order valence-corrected chi connectivity index (χ0v) is 20.7. The van der Waals surface area contributed by atoms with Gasteiger partial charge in [-0.15, -0.1) is 0 Å². The molecule has 0 fully saturated rings. The van der Waals surface area contributed by atoms with E-state index in [-0.39, 0.29) is 48.6 Å². The second-order valence-electron chi connectivity index (χ2n) is 8.15. The van der Waals surface area contributed by atoms with Gasteiger partial charge in [0.25, 0.3) is 11.8 Å². The number of ketones is 1. The highest BCUT2D eigenvalue weighted by molar-refractivity contribution is 6.16. The lowest BCUT2D eigenvalue weighted by Gasteiger charge is -2.21. The van der Waals surface area contributed by atoms with E-state index in [2.05, 4.69) is 5.32 Å². The number of nitrogens with zero attached hydrogens (tertiary/aromatic N) is 2. The van der Waals surface area contributed by atoms with Gasteiger partial charge in [0.05, 0.1) is 17.7 Å². The number of ether oxygens (including phenoxy) is 1. The Balaban J connectivity index is 1.56. The van der Waals surface area contributed by atoms with Gasteiger partial charge in [-0.05, 0) is 32.0 Å². The number of amides is 3. The molecule has 0 saturated carbocycles. The lowest BCUT2D eigenvalue weighted by molar-refractivity contribution is -0.137. The van der Waals surface area contributed by atoms with Crippen molar-refractivity contribution in [2.45, 2.75) is 20.3 Å². The highest BCUT2D eigenvalue weighted by Crippen LogP contribution is 2.27. The first-order valence-corrected chi connectivity index (χ1v) is 12.0. The Morgan fingerprint density at radius 1 is 0.946 bits per heavy atom. The summed E-state index contributed by atoms with van der Waals surface area (Å²) in [6.07, 6.45) is 2.21. The second-order valence-corrected chi connectivity index (χ2v) is 8.15. The van der Waals surface area contributed by atoms with Crippen LogP contribution in [0.15, 0.2) is 54.6 Å². The van der Waals surface area contributed by atoms with Crippen LogP contribution in [0.4, 0.5) is 5.69 Å². The van der Waals surface area contributed by atoms with Crippen LogP contribution in [0.25, 0.3) is 0 Å². The summed E-state index contributed by atoms with van der Waals surface area (Å²) in [5.41, 5.74) is 0.957. The van der Waals surface area contributed by atoms with Gasteiger partial charge in [0.2, 0.25) is 5.91 Å². The summed E-state index contributed by atoms with van der Waals surface area (Å²) in [6.45, 7) is 5.28. The van der Waals surface area contributed by atoms with Crippen LogP contribution < -0.4 is 10.2 Å². The number of anilines is 1. The van der Waals surface area contributed by atoms with E-state index >= 15 is 0 Å². The minimum Gasteiger partial charge on any atom is -0.507 e. The normalized spacial score (nSPS) is 12.5. The fraction of sp³-hybridized carbons (Fsp3) is 0.296. The molecule has 1 aliphatic rings. The van der Waals surface area contributed by atoms with Gasteiger partial charge < -0.3 is 20.1 Å². The number of hydrogen-bond donors (Lipinski definition) is 2. The first-order chi connectivity index (χ1) is 17.8. The molecule has 3 amide bonds. The van der Waals surface area contributed by atoms with Gasteiger partial charge >= 0.3 is 5.97 Å². The van der Waals surface area contributed by atoms with E-state index < -0.39 is 29.5 Å². The Morgan fingerprint density at radius 3 is 2.22 bits per heavy atom. The Labute approximate surface area is 214 Å². The van der Waals surface area contributed by atoms with Crippen LogP contribution in [0.2, 0.25) is 0 Å². The molecule has 2 aromatic carbocycles. The van der Waals surface area contributed by atoms with Gasteiger partial charge in [0.1, 0.15) is 12.4 Å². The summed E-state index contributed by atoms with van der Waals surface area (Å²) in [5.74, 6) is -2.81. The highest BCUT2D eigenvalue weighted by Gasteiger charge is 2.24. The number of esters is 1. The molecule has 10 nitrogen and oxygen atoms in total. The Kier molecular flexibility index (Phi) is 9.15. The average molecular weight is 508 g/mol. The number of phenols is 1. The minimum absolute atomic E-state index is 0.00837. The average Bonchev–Trinajstić information content (AvgIpc) is 3.22. The van der Waals surface area contributed by atoms with E-state index in [1.165, 1.54) is 24.3 Å². The van der Waals surface area contributed by atoms with E-state index in [9.17, 15) is 29.1 Å². The largest absolute Gasteiger partial charge is 0.507 e. The summed E-state index contributed by atoms with van der Waals surface area (Å²) in [4.78, 5) is 63.8. The summed E-state index contributed by atoms with van der Waals surface area (Å²) < 4.78 is 5.22. The van der Waals surface area contributed by atoms with E-state index in [4.69, 9.17) is 4.74 Å². The van der Waals surface area contributed by atoms with Gasteiger partial charge in [0, 0.05) is 55.5 Å². The summed E-state index contributed by atoms with van der Waals surface area (Å²) in [7, 11) is 0. The number of carbonyl (C=O) groups excluding carboxylic acids is 5. The third-order valence-electron chi connectivity index (χ3n) is 5.87. The van der Waals surface area contributed by atoms with Crippen molar-refractivity contribution in [2.24, 2.45) is 0 Å². The molecule has 2 aromatic rings. The van der Waals surface area contributed by atoms with Crippen LogP contribution in [-0.4, -0.2) is 72.3 Å². The van der Waals surface area contributed by atoms with Crippen molar-refractivity contribution in [1.29, 1.82) is 0 Å².